The maximum atomic E-state index is 9.74. The van der Waals surface area contributed by atoms with Crippen molar-refractivity contribution in [3.05, 3.63) is 17.5 Å². The molecule has 98 valence electrons. The van der Waals surface area contributed by atoms with Crippen molar-refractivity contribution in [2.24, 2.45) is 0 Å². The Balaban J connectivity index is 2.26. The fraction of sp³-hybridized carbons (Fsp3) is 0.750. The minimum atomic E-state index is -0.476. The molecule has 0 spiro atoms. The molecule has 0 aliphatic carbocycles. The smallest absolute Gasteiger partial charge is 0.133 e. The van der Waals surface area contributed by atoms with Crippen LogP contribution in [0.25, 0.3) is 0 Å². The van der Waals surface area contributed by atoms with Gasteiger partial charge in [0.05, 0.1) is 24.5 Å². The lowest BCUT2D eigenvalue weighted by molar-refractivity contribution is -0.00652. The summed E-state index contributed by atoms with van der Waals surface area (Å²) in [4.78, 5) is 1.99. The highest BCUT2D eigenvalue weighted by molar-refractivity contribution is 5.03. The van der Waals surface area contributed by atoms with Crippen LogP contribution in [-0.2, 0) is 11.3 Å². The molecule has 0 bridgehead atoms. The van der Waals surface area contributed by atoms with Crippen molar-refractivity contribution in [2.45, 2.75) is 39.5 Å². The van der Waals surface area contributed by atoms with Crippen molar-refractivity contribution >= 4 is 0 Å². The van der Waals surface area contributed by atoms with E-state index in [9.17, 15) is 5.11 Å². The molecule has 1 aromatic rings. The van der Waals surface area contributed by atoms with Gasteiger partial charge in [-0.15, -0.1) is 0 Å². The summed E-state index contributed by atoms with van der Waals surface area (Å²) in [5.74, 6) is 0.803. The van der Waals surface area contributed by atoms with E-state index in [1.165, 1.54) is 0 Å². The lowest BCUT2D eigenvalue weighted by Crippen LogP contribution is -2.32. The van der Waals surface area contributed by atoms with E-state index in [0.29, 0.717) is 19.7 Å². The van der Waals surface area contributed by atoms with Crippen molar-refractivity contribution in [1.29, 1.82) is 0 Å². The normalized spacial score (nSPS) is 13.6. The Kier molecular flexibility index (Phi) is 5.61. The molecule has 1 aromatic heterocycles. The molecule has 0 aliphatic heterocycles. The number of hydrogen-bond donors (Lipinski definition) is 1. The Labute approximate surface area is 102 Å². The van der Waals surface area contributed by atoms with Crippen molar-refractivity contribution in [2.75, 3.05) is 20.2 Å². The monoisotopic (exact) mass is 242 g/mol. The number of nitrogens with zero attached hydrogens (tertiary/aromatic N) is 2. The number of aliphatic hydroxyl groups is 1. The van der Waals surface area contributed by atoms with Gasteiger partial charge in [-0.2, -0.15) is 0 Å². The predicted molar refractivity (Wildman–Crippen MR) is 64.7 cm³/mol. The van der Waals surface area contributed by atoms with Crippen LogP contribution < -0.4 is 0 Å². The van der Waals surface area contributed by atoms with Crippen LogP contribution in [0.15, 0.2) is 10.6 Å². The molecule has 1 atom stereocenters. The molecule has 5 nitrogen and oxygen atoms in total. The summed E-state index contributed by atoms with van der Waals surface area (Å²) in [6, 6.07) is 1.90. The fourth-order valence-electron chi connectivity index (χ4n) is 1.55. The first kappa shape index (κ1) is 14.2. The second-order valence-electron chi connectivity index (χ2n) is 4.66. The highest BCUT2D eigenvalue weighted by Gasteiger charge is 2.11. The molecule has 1 rings (SSSR count). The molecule has 5 heteroatoms. The number of hydrogen-bond acceptors (Lipinski definition) is 5. The maximum Gasteiger partial charge on any atom is 0.133 e. The van der Waals surface area contributed by atoms with E-state index < -0.39 is 6.10 Å². The SMILES string of the molecule is Cc1cc(CN(C)C[C@@H](O)COC(C)C)no1. The minimum absolute atomic E-state index is 0.146. The Bertz CT molecular complexity index is 325. The van der Waals surface area contributed by atoms with Gasteiger partial charge >= 0.3 is 0 Å². The first-order valence-corrected chi connectivity index (χ1v) is 5.87. The number of ether oxygens (including phenoxy) is 1. The van der Waals surface area contributed by atoms with Crippen LogP contribution in [0.2, 0.25) is 0 Å². The van der Waals surface area contributed by atoms with Gasteiger partial charge in [0.25, 0.3) is 0 Å². The van der Waals surface area contributed by atoms with E-state index in [1.54, 1.807) is 0 Å². The van der Waals surface area contributed by atoms with Crippen LogP contribution in [-0.4, -0.2) is 47.6 Å². The maximum absolute atomic E-state index is 9.74. The average Bonchev–Trinajstić information content (AvgIpc) is 2.60. The Morgan fingerprint density at radius 2 is 2.24 bits per heavy atom. The average molecular weight is 242 g/mol. The predicted octanol–water partition coefficient (Wildman–Crippen LogP) is 1.20. The van der Waals surface area contributed by atoms with Gasteiger partial charge in [-0.25, -0.2) is 0 Å². The quantitative estimate of drug-likeness (QED) is 0.778. The first-order valence-electron chi connectivity index (χ1n) is 5.87. The molecule has 0 radical (unpaired) electrons. The minimum Gasteiger partial charge on any atom is -0.389 e. The molecule has 0 fully saturated rings. The molecule has 0 amide bonds. The third-order valence-electron chi connectivity index (χ3n) is 2.25. The summed E-state index contributed by atoms with van der Waals surface area (Å²) in [6.07, 6.45) is -0.330. The van der Waals surface area contributed by atoms with Crippen molar-refractivity contribution in [3.63, 3.8) is 0 Å². The highest BCUT2D eigenvalue weighted by Crippen LogP contribution is 2.05. The van der Waals surface area contributed by atoms with E-state index in [2.05, 4.69) is 5.16 Å². The molecule has 1 heterocycles. The molecule has 0 saturated heterocycles. The molecular weight excluding hydrogens is 220 g/mol. The Morgan fingerprint density at radius 1 is 1.53 bits per heavy atom. The second kappa shape index (κ2) is 6.74. The van der Waals surface area contributed by atoms with Crippen LogP contribution in [0.4, 0.5) is 0 Å². The molecule has 0 aromatic carbocycles. The van der Waals surface area contributed by atoms with Crippen LogP contribution in [0.1, 0.15) is 25.3 Å². The summed E-state index contributed by atoms with van der Waals surface area (Å²) in [5.41, 5.74) is 0.877. The molecule has 0 unspecified atom stereocenters. The molecule has 17 heavy (non-hydrogen) atoms. The third-order valence-corrected chi connectivity index (χ3v) is 2.25. The van der Waals surface area contributed by atoms with E-state index in [1.807, 2.05) is 38.8 Å². The number of aromatic nitrogens is 1. The standard InChI is InChI=1S/C12H22N2O3/c1-9(2)16-8-12(15)7-14(4)6-11-5-10(3)17-13-11/h5,9,12,15H,6-8H2,1-4H3/t12-/m1/s1. The number of likely N-dealkylation sites (N-methyl/N-ethyl adjacent to an activating group) is 1. The first-order chi connectivity index (χ1) is 7.97. The van der Waals surface area contributed by atoms with Crippen LogP contribution in [0.3, 0.4) is 0 Å². The van der Waals surface area contributed by atoms with Gasteiger partial charge in [0.1, 0.15) is 5.76 Å². The Hall–Kier alpha value is -0.910. The zero-order valence-corrected chi connectivity index (χ0v) is 11.0. The van der Waals surface area contributed by atoms with Crippen molar-refractivity contribution in [1.82, 2.24) is 10.1 Å². The van der Waals surface area contributed by atoms with Crippen LogP contribution in [0, 0.1) is 6.92 Å². The molecular formula is C12H22N2O3. The third kappa shape index (κ3) is 5.81. The lowest BCUT2D eigenvalue weighted by Gasteiger charge is -2.20. The topological polar surface area (TPSA) is 58.7 Å². The number of aliphatic hydroxyl groups excluding tert-OH is 1. The van der Waals surface area contributed by atoms with E-state index in [-0.39, 0.29) is 6.10 Å². The molecule has 0 saturated carbocycles. The van der Waals surface area contributed by atoms with Gasteiger partial charge < -0.3 is 14.4 Å². The van der Waals surface area contributed by atoms with E-state index in [4.69, 9.17) is 9.26 Å². The van der Waals surface area contributed by atoms with Crippen molar-refractivity contribution in [3.8, 4) is 0 Å². The largest absolute Gasteiger partial charge is 0.389 e. The summed E-state index contributed by atoms with van der Waals surface area (Å²) in [7, 11) is 1.93. The summed E-state index contributed by atoms with van der Waals surface area (Å²) in [5, 5.41) is 13.6. The fourth-order valence-corrected chi connectivity index (χ4v) is 1.55. The summed E-state index contributed by atoms with van der Waals surface area (Å²) < 4.78 is 10.3. The molecule has 0 aliphatic rings. The number of aryl methyl sites for hydroxylation is 1. The zero-order valence-electron chi connectivity index (χ0n) is 11.0. The van der Waals surface area contributed by atoms with E-state index >= 15 is 0 Å². The van der Waals surface area contributed by atoms with Crippen LogP contribution in [0.5, 0.6) is 0 Å². The Morgan fingerprint density at radius 3 is 2.76 bits per heavy atom. The number of rotatable bonds is 7. The summed E-state index contributed by atoms with van der Waals surface area (Å²) in [6.45, 7) is 7.35. The van der Waals surface area contributed by atoms with Gasteiger partial charge in [-0.3, -0.25) is 4.90 Å². The second-order valence-corrected chi connectivity index (χ2v) is 4.66. The van der Waals surface area contributed by atoms with Gasteiger partial charge in [-0.05, 0) is 27.8 Å². The van der Waals surface area contributed by atoms with Gasteiger partial charge in [0, 0.05) is 19.2 Å². The highest BCUT2D eigenvalue weighted by atomic mass is 16.5. The van der Waals surface area contributed by atoms with Gasteiger partial charge in [0.15, 0.2) is 0 Å². The lowest BCUT2D eigenvalue weighted by atomic mass is 10.3. The van der Waals surface area contributed by atoms with Crippen LogP contribution >= 0.6 is 0 Å². The zero-order chi connectivity index (χ0) is 12.8. The van der Waals surface area contributed by atoms with Gasteiger partial charge in [-0.1, -0.05) is 5.16 Å². The summed E-state index contributed by atoms with van der Waals surface area (Å²) >= 11 is 0. The molecule has 1 N–H and O–H groups in total. The van der Waals surface area contributed by atoms with Crippen molar-refractivity contribution < 1.29 is 14.4 Å². The van der Waals surface area contributed by atoms with Gasteiger partial charge in [0.2, 0.25) is 0 Å². The van der Waals surface area contributed by atoms with E-state index in [0.717, 1.165) is 11.5 Å².